The van der Waals surface area contributed by atoms with E-state index >= 15 is 0 Å². The Morgan fingerprint density at radius 2 is 2.11 bits per heavy atom. The van der Waals surface area contributed by atoms with E-state index in [2.05, 4.69) is 29.3 Å². The molecule has 0 saturated carbocycles. The lowest BCUT2D eigenvalue weighted by Gasteiger charge is -2.24. The first-order valence-corrected chi connectivity index (χ1v) is 6.87. The molecule has 1 N–H and O–H groups in total. The van der Waals surface area contributed by atoms with Gasteiger partial charge in [0.25, 0.3) is 0 Å². The maximum Gasteiger partial charge on any atom is 0.119 e. The minimum atomic E-state index is 0.691. The third kappa shape index (κ3) is 3.72. The molecule has 1 atom stereocenters. The Labute approximate surface area is 110 Å². The molecule has 0 spiro atoms. The van der Waals surface area contributed by atoms with Gasteiger partial charge in [-0.05, 0) is 45.5 Å². The van der Waals surface area contributed by atoms with Gasteiger partial charge >= 0.3 is 0 Å². The molecule has 18 heavy (non-hydrogen) atoms. The van der Waals surface area contributed by atoms with E-state index in [1.165, 1.54) is 24.9 Å². The first-order chi connectivity index (χ1) is 8.79. The van der Waals surface area contributed by atoms with Crippen molar-refractivity contribution in [2.75, 3.05) is 33.3 Å². The van der Waals surface area contributed by atoms with Crippen LogP contribution in [0.15, 0.2) is 24.3 Å². The molecule has 1 aromatic carbocycles. The van der Waals surface area contributed by atoms with Crippen molar-refractivity contribution in [3.8, 4) is 5.75 Å². The molecule has 1 aliphatic rings. The number of hydrogen-bond donors (Lipinski definition) is 1. The fourth-order valence-electron chi connectivity index (χ4n) is 2.57. The molecule has 0 bridgehead atoms. The average Bonchev–Trinajstić information content (AvgIpc) is 2.80. The topological polar surface area (TPSA) is 24.5 Å². The number of ether oxygens (including phenoxy) is 1. The van der Waals surface area contributed by atoms with Gasteiger partial charge in [-0.15, -0.1) is 0 Å². The van der Waals surface area contributed by atoms with Gasteiger partial charge < -0.3 is 10.1 Å². The molecular weight excluding hydrogens is 224 g/mol. The standard InChI is InChI=1S/C15H24N2O/c1-13-5-7-15(8-6-13)18-11-10-17-9-3-4-14(17)12-16-2/h5-8,14,16H,3-4,9-12H2,1-2H3. The third-order valence-electron chi connectivity index (χ3n) is 3.61. The Morgan fingerprint density at radius 3 is 2.83 bits per heavy atom. The largest absolute Gasteiger partial charge is 0.492 e. The molecule has 0 aromatic heterocycles. The van der Waals surface area contributed by atoms with Gasteiger partial charge in [0.2, 0.25) is 0 Å². The maximum atomic E-state index is 5.79. The zero-order chi connectivity index (χ0) is 12.8. The van der Waals surface area contributed by atoms with E-state index in [1.54, 1.807) is 0 Å². The van der Waals surface area contributed by atoms with Crippen molar-refractivity contribution < 1.29 is 4.74 Å². The molecule has 0 amide bonds. The van der Waals surface area contributed by atoms with Gasteiger partial charge in [0.05, 0.1) is 0 Å². The van der Waals surface area contributed by atoms with Gasteiger partial charge in [-0.25, -0.2) is 0 Å². The predicted octanol–water partition coefficient (Wildman–Crippen LogP) is 2.06. The average molecular weight is 248 g/mol. The molecule has 1 heterocycles. The van der Waals surface area contributed by atoms with Crippen molar-refractivity contribution in [1.29, 1.82) is 0 Å². The van der Waals surface area contributed by atoms with E-state index in [0.29, 0.717) is 6.04 Å². The lowest BCUT2D eigenvalue weighted by atomic mass is 10.2. The normalized spacial score (nSPS) is 20.2. The molecule has 3 heteroatoms. The molecule has 2 rings (SSSR count). The van der Waals surface area contributed by atoms with Gasteiger partial charge in [-0.3, -0.25) is 4.90 Å². The predicted molar refractivity (Wildman–Crippen MR) is 75.2 cm³/mol. The molecule has 1 fully saturated rings. The Balaban J connectivity index is 1.73. The van der Waals surface area contributed by atoms with Crippen LogP contribution in [-0.4, -0.2) is 44.2 Å². The summed E-state index contributed by atoms with van der Waals surface area (Å²) in [5.74, 6) is 0.977. The van der Waals surface area contributed by atoms with Crippen LogP contribution in [0.25, 0.3) is 0 Å². The second kappa shape index (κ2) is 6.76. The van der Waals surface area contributed by atoms with Crippen molar-refractivity contribution in [2.45, 2.75) is 25.8 Å². The summed E-state index contributed by atoms with van der Waals surface area (Å²) < 4.78 is 5.79. The highest BCUT2D eigenvalue weighted by molar-refractivity contribution is 5.26. The molecule has 1 saturated heterocycles. The summed E-state index contributed by atoms with van der Waals surface area (Å²) in [6.45, 7) is 6.20. The van der Waals surface area contributed by atoms with Crippen molar-refractivity contribution in [3.63, 3.8) is 0 Å². The fourth-order valence-corrected chi connectivity index (χ4v) is 2.57. The quantitative estimate of drug-likeness (QED) is 0.834. The third-order valence-corrected chi connectivity index (χ3v) is 3.61. The van der Waals surface area contributed by atoms with Crippen LogP contribution in [0.3, 0.4) is 0 Å². The summed E-state index contributed by atoms with van der Waals surface area (Å²) in [6, 6.07) is 8.97. The lowest BCUT2D eigenvalue weighted by molar-refractivity contribution is 0.195. The van der Waals surface area contributed by atoms with Gasteiger partial charge in [-0.1, -0.05) is 17.7 Å². The summed E-state index contributed by atoms with van der Waals surface area (Å²) in [7, 11) is 2.03. The Bertz CT molecular complexity index is 350. The highest BCUT2D eigenvalue weighted by Gasteiger charge is 2.23. The molecular formula is C15H24N2O. The second-order valence-corrected chi connectivity index (χ2v) is 5.05. The first-order valence-electron chi connectivity index (χ1n) is 6.87. The van der Waals surface area contributed by atoms with Gasteiger partial charge in [0.1, 0.15) is 12.4 Å². The van der Waals surface area contributed by atoms with Gasteiger partial charge in [0, 0.05) is 19.1 Å². The zero-order valence-corrected chi connectivity index (χ0v) is 11.5. The zero-order valence-electron chi connectivity index (χ0n) is 11.5. The SMILES string of the molecule is CNCC1CCCN1CCOc1ccc(C)cc1. The van der Waals surface area contributed by atoms with Gasteiger partial charge in [0.15, 0.2) is 0 Å². The first kappa shape index (κ1) is 13.4. The van der Waals surface area contributed by atoms with E-state index in [1.807, 2.05) is 19.2 Å². The molecule has 0 radical (unpaired) electrons. The monoisotopic (exact) mass is 248 g/mol. The van der Waals surface area contributed by atoms with Crippen LogP contribution in [0.4, 0.5) is 0 Å². The van der Waals surface area contributed by atoms with Crippen LogP contribution in [0.5, 0.6) is 5.75 Å². The molecule has 1 aromatic rings. The summed E-state index contributed by atoms with van der Waals surface area (Å²) >= 11 is 0. The van der Waals surface area contributed by atoms with E-state index in [9.17, 15) is 0 Å². The highest BCUT2D eigenvalue weighted by Crippen LogP contribution is 2.16. The molecule has 0 aliphatic carbocycles. The number of aryl methyl sites for hydroxylation is 1. The molecule has 100 valence electrons. The number of likely N-dealkylation sites (N-methyl/N-ethyl adjacent to an activating group) is 1. The van der Waals surface area contributed by atoms with Crippen LogP contribution in [0.1, 0.15) is 18.4 Å². The van der Waals surface area contributed by atoms with E-state index < -0.39 is 0 Å². The molecule has 3 nitrogen and oxygen atoms in total. The highest BCUT2D eigenvalue weighted by atomic mass is 16.5. The van der Waals surface area contributed by atoms with E-state index in [0.717, 1.165) is 25.4 Å². The number of nitrogens with one attached hydrogen (secondary N) is 1. The van der Waals surface area contributed by atoms with Crippen LogP contribution in [0, 0.1) is 6.92 Å². The van der Waals surface area contributed by atoms with Crippen molar-refractivity contribution in [1.82, 2.24) is 10.2 Å². The Morgan fingerprint density at radius 1 is 1.33 bits per heavy atom. The van der Waals surface area contributed by atoms with Crippen molar-refractivity contribution >= 4 is 0 Å². The number of nitrogens with zero attached hydrogens (tertiary/aromatic N) is 1. The number of benzene rings is 1. The molecule has 1 unspecified atom stereocenters. The van der Waals surface area contributed by atoms with Crippen LogP contribution in [-0.2, 0) is 0 Å². The van der Waals surface area contributed by atoms with Gasteiger partial charge in [-0.2, -0.15) is 0 Å². The summed E-state index contributed by atoms with van der Waals surface area (Å²) in [4.78, 5) is 2.53. The minimum Gasteiger partial charge on any atom is -0.492 e. The maximum absolute atomic E-state index is 5.79. The van der Waals surface area contributed by atoms with E-state index in [4.69, 9.17) is 4.74 Å². The van der Waals surface area contributed by atoms with Crippen LogP contribution < -0.4 is 10.1 Å². The summed E-state index contributed by atoms with van der Waals surface area (Å²) in [6.07, 6.45) is 2.63. The lowest BCUT2D eigenvalue weighted by Crippen LogP contribution is -2.38. The molecule has 1 aliphatic heterocycles. The minimum absolute atomic E-state index is 0.691. The number of hydrogen-bond acceptors (Lipinski definition) is 3. The summed E-state index contributed by atoms with van der Waals surface area (Å²) in [5, 5.41) is 3.27. The smallest absolute Gasteiger partial charge is 0.119 e. The number of likely N-dealkylation sites (tertiary alicyclic amines) is 1. The Hall–Kier alpha value is -1.06. The number of rotatable bonds is 6. The van der Waals surface area contributed by atoms with E-state index in [-0.39, 0.29) is 0 Å². The van der Waals surface area contributed by atoms with Crippen molar-refractivity contribution in [2.24, 2.45) is 0 Å². The second-order valence-electron chi connectivity index (χ2n) is 5.05. The fraction of sp³-hybridized carbons (Fsp3) is 0.600. The van der Waals surface area contributed by atoms with Crippen LogP contribution in [0.2, 0.25) is 0 Å². The van der Waals surface area contributed by atoms with Crippen LogP contribution >= 0.6 is 0 Å². The van der Waals surface area contributed by atoms with Crippen molar-refractivity contribution in [3.05, 3.63) is 29.8 Å². The summed E-state index contributed by atoms with van der Waals surface area (Å²) in [5.41, 5.74) is 1.27. The Kier molecular flexibility index (Phi) is 5.02.